The lowest BCUT2D eigenvalue weighted by atomic mass is 10.1. The maximum atomic E-state index is 12.4. The molecule has 0 saturated carbocycles. The second-order valence-electron chi connectivity index (χ2n) is 5.86. The smallest absolute Gasteiger partial charge is 0.345 e. The summed E-state index contributed by atoms with van der Waals surface area (Å²) in [6, 6.07) is 16.5. The number of hydrogen-bond acceptors (Lipinski definition) is 7. The number of thiazole rings is 1. The predicted molar refractivity (Wildman–Crippen MR) is 121 cm³/mol. The van der Waals surface area contributed by atoms with Gasteiger partial charge in [-0.05, 0) is 48.5 Å². The zero-order chi connectivity index (χ0) is 20.4. The highest BCUT2D eigenvalue weighted by Gasteiger charge is 2.15. The van der Waals surface area contributed by atoms with Crippen LogP contribution in [0.5, 0.6) is 0 Å². The van der Waals surface area contributed by atoms with E-state index in [-0.39, 0.29) is 5.71 Å². The van der Waals surface area contributed by atoms with E-state index in [1.807, 2.05) is 36.4 Å². The molecule has 0 bridgehead atoms. The predicted octanol–water partition coefficient (Wildman–Crippen LogP) is 5.78. The molecule has 142 valence electrons. The molecule has 0 aliphatic rings. The van der Waals surface area contributed by atoms with E-state index < -0.39 is 5.63 Å². The molecular weight excluding hydrogens is 520 g/mol. The summed E-state index contributed by atoms with van der Waals surface area (Å²) >= 11 is 8.01. The maximum absolute atomic E-state index is 12.4. The molecule has 2 heterocycles. The molecule has 0 fully saturated rings. The summed E-state index contributed by atoms with van der Waals surface area (Å²) in [4.78, 5) is 16.8. The van der Waals surface area contributed by atoms with Crippen molar-refractivity contribution in [3.63, 3.8) is 0 Å². The normalized spacial score (nSPS) is 11.4. The highest BCUT2D eigenvalue weighted by atomic mass is 79.9. The lowest BCUT2D eigenvalue weighted by Gasteiger charge is -2.01. The Morgan fingerprint density at radius 1 is 1.14 bits per heavy atom. The van der Waals surface area contributed by atoms with Crippen LogP contribution in [0, 0.1) is 11.3 Å². The lowest BCUT2D eigenvalue weighted by molar-refractivity contribution is 0.563. The number of aromatic nitrogens is 1. The third-order valence-electron chi connectivity index (χ3n) is 3.92. The van der Waals surface area contributed by atoms with Crippen molar-refractivity contribution < 1.29 is 4.42 Å². The third-order valence-corrected chi connectivity index (χ3v) is 5.79. The maximum Gasteiger partial charge on any atom is 0.345 e. The number of nitrogens with one attached hydrogen (secondary N) is 1. The van der Waals surface area contributed by atoms with Crippen molar-refractivity contribution in [1.82, 2.24) is 4.98 Å². The Kier molecular flexibility index (Phi) is 5.58. The quantitative estimate of drug-likeness (QED) is 0.205. The van der Waals surface area contributed by atoms with Gasteiger partial charge in [-0.15, -0.1) is 11.3 Å². The molecular formula is C20H10Br2N4O2S. The van der Waals surface area contributed by atoms with Gasteiger partial charge >= 0.3 is 5.63 Å². The summed E-state index contributed by atoms with van der Waals surface area (Å²) in [5.41, 5.74) is 4.47. The van der Waals surface area contributed by atoms with E-state index in [0.717, 1.165) is 20.0 Å². The SMILES string of the molecule is N#CC(=NNc1ccc(Br)cc1)c1nc(-c2cc3cc(Br)ccc3oc2=O)cs1. The fraction of sp³-hybridized carbons (Fsp3) is 0. The highest BCUT2D eigenvalue weighted by Crippen LogP contribution is 2.25. The van der Waals surface area contributed by atoms with Gasteiger partial charge in [-0.2, -0.15) is 10.4 Å². The molecule has 0 spiro atoms. The van der Waals surface area contributed by atoms with Crippen molar-refractivity contribution in [3.8, 4) is 17.3 Å². The zero-order valence-electron chi connectivity index (χ0n) is 14.5. The molecule has 1 N–H and O–H groups in total. The van der Waals surface area contributed by atoms with Gasteiger partial charge in [0.05, 0.1) is 16.9 Å². The molecule has 29 heavy (non-hydrogen) atoms. The van der Waals surface area contributed by atoms with E-state index >= 15 is 0 Å². The van der Waals surface area contributed by atoms with Crippen LogP contribution in [-0.4, -0.2) is 10.7 Å². The molecule has 0 unspecified atom stereocenters. The minimum Gasteiger partial charge on any atom is -0.422 e. The van der Waals surface area contributed by atoms with Crippen LogP contribution in [0.3, 0.4) is 0 Å². The molecule has 0 radical (unpaired) electrons. The molecule has 0 atom stereocenters. The molecule has 0 aliphatic carbocycles. The Morgan fingerprint density at radius 2 is 1.90 bits per heavy atom. The van der Waals surface area contributed by atoms with Gasteiger partial charge in [0, 0.05) is 19.7 Å². The summed E-state index contributed by atoms with van der Waals surface area (Å²) in [5, 5.41) is 16.5. The number of benzene rings is 2. The molecule has 4 rings (SSSR count). The molecule has 6 nitrogen and oxygen atoms in total. The summed E-state index contributed by atoms with van der Waals surface area (Å²) in [6.07, 6.45) is 0. The van der Waals surface area contributed by atoms with Crippen LogP contribution in [0.1, 0.15) is 5.01 Å². The number of anilines is 1. The number of hydrazone groups is 1. The Labute approximate surface area is 185 Å². The fourth-order valence-corrected chi connectivity index (χ4v) is 3.94. The van der Waals surface area contributed by atoms with Gasteiger partial charge in [-0.3, -0.25) is 5.43 Å². The molecule has 9 heteroatoms. The van der Waals surface area contributed by atoms with Crippen LogP contribution < -0.4 is 11.1 Å². The number of nitrogens with zero attached hydrogens (tertiary/aromatic N) is 3. The Morgan fingerprint density at radius 3 is 2.66 bits per heavy atom. The van der Waals surface area contributed by atoms with Gasteiger partial charge < -0.3 is 4.42 Å². The van der Waals surface area contributed by atoms with Crippen molar-refractivity contribution in [2.24, 2.45) is 5.10 Å². The highest BCUT2D eigenvalue weighted by molar-refractivity contribution is 9.10. The summed E-state index contributed by atoms with van der Waals surface area (Å²) in [6.45, 7) is 0. The number of halogens is 2. The van der Waals surface area contributed by atoms with Crippen LogP contribution in [0.15, 0.2) is 77.2 Å². The fourth-order valence-electron chi connectivity index (χ4n) is 2.54. The van der Waals surface area contributed by atoms with E-state index in [1.54, 1.807) is 23.6 Å². The number of nitriles is 1. The van der Waals surface area contributed by atoms with Crippen LogP contribution >= 0.6 is 43.2 Å². The van der Waals surface area contributed by atoms with Gasteiger partial charge in [0.15, 0.2) is 10.7 Å². The third kappa shape index (κ3) is 4.29. The monoisotopic (exact) mass is 528 g/mol. The van der Waals surface area contributed by atoms with Gasteiger partial charge in [-0.1, -0.05) is 31.9 Å². The van der Waals surface area contributed by atoms with E-state index in [2.05, 4.69) is 47.4 Å². The Balaban J connectivity index is 1.66. The average Bonchev–Trinajstić information content (AvgIpc) is 3.19. The molecule has 2 aromatic carbocycles. The molecule has 0 saturated heterocycles. The van der Waals surface area contributed by atoms with E-state index in [4.69, 9.17) is 4.42 Å². The largest absolute Gasteiger partial charge is 0.422 e. The van der Waals surface area contributed by atoms with Crippen LogP contribution in [0.2, 0.25) is 0 Å². The lowest BCUT2D eigenvalue weighted by Crippen LogP contribution is -2.04. The van der Waals surface area contributed by atoms with Crippen molar-refractivity contribution in [2.75, 3.05) is 5.43 Å². The second-order valence-corrected chi connectivity index (χ2v) is 8.55. The average molecular weight is 530 g/mol. The van der Waals surface area contributed by atoms with E-state index in [0.29, 0.717) is 21.8 Å². The van der Waals surface area contributed by atoms with Crippen molar-refractivity contribution in [1.29, 1.82) is 5.26 Å². The van der Waals surface area contributed by atoms with Crippen LogP contribution in [0.25, 0.3) is 22.2 Å². The number of fused-ring (bicyclic) bond motifs is 1. The first kappa shape index (κ1) is 19.5. The van der Waals surface area contributed by atoms with Crippen molar-refractivity contribution >= 4 is 65.6 Å². The van der Waals surface area contributed by atoms with Gasteiger partial charge in [0.1, 0.15) is 11.7 Å². The van der Waals surface area contributed by atoms with Crippen LogP contribution in [0.4, 0.5) is 5.69 Å². The van der Waals surface area contributed by atoms with Crippen molar-refractivity contribution in [3.05, 3.63) is 78.3 Å². The van der Waals surface area contributed by atoms with E-state index in [1.165, 1.54) is 11.3 Å². The number of rotatable bonds is 4. The van der Waals surface area contributed by atoms with Gasteiger partial charge in [0.25, 0.3) is 0 Å². The number of hydrogen-bond donors (Lipinski definition) is 1. The second kappa shape index (κ2) is 8.29. The zero-order valence-corrected chi connectivity index (χ0v) is 18.5. The molecule has 4 aromatic rings. The summed E-state index contributed by atoms with van der Waals surface area (Å²) in [5.74, 6) is 0. The van der Waals surface area contributed by atoms with Gasteiger partial charge in [-0.25, -0.2) is 9.78 Å². The minimum absolute atomic E-state index is 0.122. The topological polar surface area (TPSA) is 91.3 Å². The van der Waals surface area contributed by atoms with Gasteiger partial charge in [0.2, 0.25) is 0 Å². The standard InChI is InChI=1S/C20H10Br2N4O2S/c21-12-1-4-14(5-2-12)25-26-16(9-23)19-24-17(10-29-19)15-8-11-7-13(22)3-6-18(11)28-20(15)27/h1-8,10,25H. The summed E-state index contributed by atoms with van der Waals surface area (Å²) in [7, 11) is 0. The minimum atomic E-state index is -0.486. The Hall–Kier alpha value is -2.80. The molecule has 2 aromatic heterocycles. The van der Waals surface area contributed by atoms with E-state index in [9.17, 15) is 10.1 Å². The van der Waals surface area contributed by atoms with Crippen molar-refractivity contribution in [2.45, 2.75) is 0 Å². The summed E-state index contributed by atoms with van der Waals surface area (Å²) < 4.78 is 7.21. The first-order chi connectivity index (χ1) is 14.0. The van der Waals surface area contributed by atoms with Crippen LogP contribution in [-0.2, 0) is 0 Å². The Bertz CT molecular complexity index is 1340. The molecule has 0 aliphatic heterocycles. The molecule has 0 amide bonds. The first-order valence-corrected chi connectivity index (χ1v) is 10.7. The first-order valence-electron chi connectivity index (χ1n) is 8.22.